The van der Waals surface area contributed by atoms with Gasteiger partial charge in [0.15, 0.2) is 5.78 Å². The molecule has 1 aromatic carbocycles. The molecule has 2 aliphatic carbocycles. The second-order valence-electron chi connectivity index (χ2n) is 8.30. The molecule has 0 spiro atoms. The van der Waals surface area contributed by atoms with Gasteiger partial charge in [-0.25, -0.2) is 0 Å². The Labute approximate surface area is 163 Å². The maximum Gasteiger partial charge on any atom is 0.162 e. The van der Waals surface area contributed by atoms with Gasteiger partial charge in [0.05, 0.1) is 13.3 Å². The van der Waals surface area contributed by atoms with E-state index in [4.69, 9.17) is 4.74 Å². The van der Waals surface area contributed by atoms with Crippen LogP contribution in [0, 0.1) is 0 Å². The third-order valence-electron chi connectivity index (χ3n) is 6.58. The minimum absolute atomic E-state index is 0.309. The van der Waals surface area contributed by atoms with Crippen LogP contribution in [-0.2, 0) is 9.53 Å². The van der Waals surface area contributed by atoms with Gasteiger partial charge in [-0.2, -0.15) is 0 Å². The fourth-order valence-electron chi connectivity index (χ4n) is 5.05. The minimum atomic E-state index is 0.309. The SMILES string of the molecule is COCCN1CN(C2CCCCC2)CC2=C1CC(c1ccccc1)CC2=O. The monoisotopic (exact) mass is 368 g/mol. The summed E-state index contributed by atoms with van der Waals surface area (Å²) in [5.74, 6) is 0.664. The average molecular weight is 369 g/mol. The summed E-state index contributed by atoms with van der Waals surface area (Å²) in [6, 6.07) is 11.2. The summed E-state index contributed by atoms with van der Waals surface area (Å²) in [6.45, 7) is 3.37. The number of Topliss-reactive ketones (excluding diaryl/α,β-unsaturated/α-hetero) is 1. The van der Waals surface area contributed by atoms with E-state index in [0.717, 1.165) is 31.8 Å². The number of methoxy groups -OCH3 is 1. The van der Waals surface area contributed by atoms with Gasteiger partial charge in [0, 0.05) is 43.9 Å². The van der Waals surface area contributed by atoms with E-state index < -0.39 is 0 Å². The number of hydrogen-bond donors (Lipinski definition) is 0. The van der Waals surface area contributed by atoms with Crippen LogP contribution in [-0.4, -0.2) is 55.1 Å². The zero-order chi connectivity index (χ0) is 18.6. The summed E-state index contributed by atoms with van der Waals surface area (Å²) in [5, 5.41) is 0. The van der Waals surface area contributed by atoms with Crippen molar-refractivity contribution in [3.8, 4) is 0 Å². The molecule has 1 unspecified atom stereocenters. The Bertz CT molecular complexity index is 679. The molecule has 0 amide bonds. The molecule has 1 atom stereocenters. The number of nitrogens with zero attached hydrogens (tertiary/aromatic N) is 2. The van der Waals surface area contributed by atoms with Crippen LogP contribution in [0.1, 0.15) is 56.4 Å². The molecule has 0 saturated heterocycles. The third-order valence-corrected chi connectivity index (χ3v) is 6.58. The van der Waals surface area contributed by atoms with E-state index in [1.807, 2.05) is 6.07 Å². The maximum absolute atomic E-state index is 13.1. The zero-order valence-corrected chi connectivity index (χ0v) is 16.5. The normalized spacial score (nSPS) is 25.0. The Hall–Kier alpha value is -1.65. The van der Waals surface area contributed by atoms with Crippen molar-refractivity contribution in [2.75, 3.05) is 33.5 Å². The highest BCUT2D eigenvalue weighted by molar-refractivity contribution is 5.98. The second kappa shape index (κ2) is 8.57. The number of ketones is 1. The van der Waals surface area contributed by atoms with Crippen LogP contribution in [0.4, 0.5) is 0 Å². The van der Waals surface area contributed by atoms with Crippen molar-refractivity contribution >= 4 is 5.78 Å². The van der Waals surface area contributed by atoms with Gasteiger partial charge in [-0.3, -0.25) is 9.69 Å². The lowest BCUT2D eigenvalue weighted by Crippen LogP contribution is -2.51. The van der Waals surface area contributed by atoms with E-state index in [1.54, 1.807) is 7.11 Å². The lowest BCUT2D eigenvalue weighted by molar-refractivity contribution is -0.117. The minimum Gasteiger partial charge on any atom is -0.383 e. The van der Waals surface area contributed by atoms with E-state index in [9.17, 15) is 4.79 Å². The fourth-order valence-corrected chi connectivity index (χ4v) is 5.05. The van der Waals surface area contributed by atoms with Gasteiger partial charge < -0.3 is 9.64 Å². The number of rotatable bonds is 5. The Morgan fingerprint density at radius 1 is 1.07 bits per heavy atom. The smallest absolute Gasteiger partial charge is 0.162 e. The highest BCUT2D eigenvalue weighted by Crippen LogP contribution is 2.39. The number of ether oxygens (including phenoxy) is 1. The molecule has 1 heterocycles. The molecule has 27 heavy (non-hydrogen) atoms. The summed E-state index contributed by atoms with van der Waals surface area (Å²) in [7, 11) is 1.76. The molecule has 0 aromatic heterocycles. The van der Waals surface area contributed by atoms with Crippen LogP contribution >= 0.6 is 0 Å². The molecular weight excluding hydrogens is 336 g/mol. The Kier molecular flexibility index (Phi) is 5.94. The maximum atomic E-state index is 13.1. The van der Waals surface area contributed by atoms with Gasteiger partial charge in [0.25, 0.3) is 0 Å². The number of benzene rings is 1. The molecule has 0 bridgehead atoms. The molecule has 1 saturated carbocycles. The summed E-state index contributed by atoms with van der Waals surface area (Å²) in [5.41, 5.74) is 3.65. The number of carbonyl (C=O) groups is 1. The summed E-state index contributed by atoms with van der Waals surface area (Å²) in [4.78, 5) is 18.1. The number of allylic oxidation sites excluding steroid dienone is 1. The molecule has 146 valence electrons. The van der Waals surface area contributed by atoms with E-state index in [0.29, 0.717) is 30.8 Å². The molecule has 1 aliphatic heterocycles. The summed E-state index contributed by atoms with van der Waals surface area (Å²) >= 11 is 0. The Morgan fingerprint density at radius 3 is 2.59 bits per heavy atom. The van der Waals surface area contributed by atoms with E-state index in [-0.39, 0.29) is 0 Å². The zero-order valence-electron chi connectivity index (χ0n) is 16.5. The summed E-state index contributed by atoms with van der Waals surface area (Å²) < 4.78 is 5.38. The van der Waals surface area contributed by atoms with Crippen LogP contribution < -0.4 is 0 Å². The van der Waals surface area contributed by atoms with Crippen LogP contribution in [0.25, 0.3) is 0 Å². The highest BCUT2D eigenvalue weighted by Gasteiger charge is 2.37. The third kappa shape index (κ3) is 4.12. The first-order chi connectivity index (χ1) is 13.3. The molecule has 0 radical (unpaired) electrons. The van der Waals surface area contributed by atoms with Crippen LogP contribution in [0.5, 0.6) is 0 Å². The van der Waals surface area contributed by atoms with E-state index in [1.165, 1.54) is 43.4 Å². The van der Waals surface area contributed by atoms with Crippen molar-refractivity contribution in [3.63, 3.8) is 0 Å². The fraction of sp³-hybridized carbons (Fsp3) is 0.609. The molecule has 1 aromatic rings. The highest BCUT2D eigenvalue weighted by atomic mass is 16.5. The van der Waals surface area contributed by atoms with Crippen molar-refractivity contribution in [2.24, 2.45) is 0 Å². The lowest BCUT2D eigenvalue weighted by Gasteiger charge is -2.46. The lowest BCUT2D eigenvalue weighted by atomic mass is 9.80. The standard InChI is InChI=1S/C23H32N2O2/c1-27-13-12-24-17-25(20-10-6-3-7-11-20)16-21-22(24)14-19(15-23(21)26)18-8-4-2-5-9-18/h2,4-5,8-9,19-20H,3,6-7,10-17H2,1H3. The molecule has 4 nitrogen and oxygen atoms in total. The second-order valence-corrected chi connectivity index (χ2v) is 8.30. The summed E-state index contributed by atoms with van der Waals surface area (Å²) in [6.07, 6.45) is 8.21. The van der Waals surface area contributed by atoms with Gasteiger partial charge in [0.1, 0.15) is 0 Å². The van der Waals surface area contributed by atoms with Crippen LogP contribution in [0.15, 0.2) is 41.6 Å². The first-order valence-corrected chi connectivity index (χ1v) is 10.5. The number of hydrogen-bond acceptors (Lipinski definition) is 4. The number of carbonyl (C=O) groups excluding carboxylic acids is 1. The van der Waals surface area contributed by atoms with Crippen molar-refractivity contribution < 1.29 is 9.53 Å². The molecule has 1 fully saturated rings. The van der Waals surface area contributed by atoms with Gasteiger partial charge in [0.2, 0.25) is 0 Å². The Balaban J connectivity index is 1.58. The predicted molar refractivity (Wildman–Crippen MR) is 107 cm³/mol. The van der Waals surface area contributed by atoms with Gasteiger partial charge in [-0.05, 0) is 30.7 Å². The molecule has 0 N–H and O–H groups in total. The quantitative estimate of drug-likeness (QED) is 0.788. The average Bonchev–Trinajstić information content (AvgIpc) is 2.73. The van der Waals surface area contributed by atoms with E-state index >= 15 is 0 Å². The van der Waals surface area contributed by atoms with Gasteiger partial charge >= 0.3 is 0 Å². The first kappa shape index (κ1) is 18.7. The van der Waals surface area contributed by atoms with Crippen molar-refractivity contribution in [1.82, 2.24) is 9.80 Å². The first-order valence-electron chi connectivity index (χ1n) is 10.5. The molecule has 4 heteroatoms. The Morgan fingerprint density at radius 2 is 1.85 bits per heavy atom. The van der Waals surface area contributed by atoms with Crippen molar-refractivity contribution in [3.05, 3.63) is 47.2 Å². The molecular formula is C23H32N2O2. The van der Waals surface area contributed by atoms with Crippen LogP contribution in [0.2, 0.25) is 0 Å². The largest absolute Gasteiger partial charge is 0.383 e. The van der Waals surface area contributed by atoms with Crippen molar-refractivity contribution in [1.29, 1.82) is 0 Å². The van der Waals surface area contributed by atoms with E-state index in [2.05, 4.69) is 34.1 Å². The topological polar surface area (TPSA) is 32.8 Å². The van der Waals surface area contributed by atoms with Crippen LogP contribution in [0.3, 0.4) is 0 Å². The van der Waals surface area contributed by atoms with Gasteiger partial charge in [-0.1, -0.05) is 49.6 Å². The van der Waals surface area contributed by atoms with Crippen molar-refractivity contribution in [2.45, 2.75) is 56.9 Å². The van der Waals surface area contributed by atoms with Gasteiger partial charge in [-0.15, -0.1) is 0 Å². The molecule has 3 aliphatic rings. The predicted octanol–water partition coefficient (Wildman–Crippen LogP) is 3.94. The molecule has 4 rings (SSSR count).